The Hall–Kier alpha value is -2.09. The van der Waals surface area contributed by atoms with Gasteiger partial charge in [0.05, 0.1) is 6.54 Å². The van der Waals surface area contributed by atoms with Crippen LogP contribution in [0.1, 0.15) is 51.3 Å². The number of rotatable bonds is 1. The van der Waals surface area contributed by atoms with Gasteiger partial charge in [-0.05, 0) is 41.0 Å². The Labute approximate surface area is 151 Å². The van der Waals surface area contributed by atoms with E-state index in [1.165, 1.54) is 16.7 Å². The number of aryl methyl sites for hydroxylation is 2. The molecule has 2 heteroatoms. The predicted octanol–water partition coefficient (Wildman–Crippen LogP) is 5.39. The molecule has 2 aromatic rings. The molecule has 0 aromatic heterocycles. The third-order valence-electron chi connectivity index (χ3n) is 6.05. The zero-order valence-corrected chi connectivity index (χ0v) is 16.1. The van der Waals surface area contributed by atoms with E-state index in [-0.39, 0.29) is 11.3 Å². The second-order valence-corrected chi connectivity index (χ2v) is 8.66. The van der Waals surface area contributed by atoms with E-state index >= 15 is 0 Å². The Morgan fingerprint density at radius 3 is 1.96 bits per heavy atom. The molecule has 0 saturated carbocycles. The molecule has 0 N–H and O–H groups in total. The molecule has 0 aliphatic carbocycles. The maximum absolute atomic E-state index is 13.6. The van der Waals surface area contributed by atoms with Crippen LogP contribution in [0.25, 0.3) is 0 Å². The summed E-state index contributed by atoms with van der Waals surface area (Å²) < 4.78 is 0. The predicted molar refractivity (Wildman–Crippen MR) is 105 cm³/mol. The second-order valence-electron chi connectivity index (χ2n) is 8.66. The van der Waals surface area contributed by atoms with Crippen molar-refractivity contribution in [1.29, 1.82) is 0 Å². The summed E-state index contributed by atoms with van der Waals surface area (Å²) in [6.45, 7) is 11.2. The number of carbonyl (C=O) groups excluding carboxylic acids is 1. The van der Waals surface area contributed by atoms with Crippen LogP contribution in [-0.2, 0) is 24.2 Å². The summed E-state index contributed by atoms with van der Waals surface area (Å²) >= 11 is 0. The highest BCUT2D eigenvalue weighted by atomic mass is 16.2. The molecule has 2 nitrogen and oxygen atoms in total. The summed E-state index contributed by atoms with van der Waals surface area (Å²) in [5.41, 5.74) is 4.38. The fraction of sp³-hybridized carbons (Fsp3) is 0.435. The number of amides is 1. The SMILES string of the molecule is CC(C)(C)C(C)(C)C(=O)N1Cc2ccccc2CCc2ccccc21. The van der Waals surface area contributed by atoms with E-state index in [9.17, 15) is 4.79 Å². The van der Waals surface area contributed by atoms with Gasteiger partial charge in [0.25, 0.3) is 0 Å². The van der Waals surface area contributed by atoms with Crippen molar-refractivity contribution in [2.45, 2.75) is 54.0 Å². The van der Waals surface area contributed by atoms with E-state index < -0.39 is 5.41 Å². The molecule has 25 heavy (non-hydrogen) atoms. The zero-order valence-electron chi connectivity index (χ0n) is 16.1. The maximum atomic E-state index is 13.6. The molecular formula is C23H29NO. The third kappa shape index (κ3) is 3.22. The van der Waals surface area contributed by atoms with Crippen LogP contribution in [0, 0.1) is 10.8 Å². The highest BCUT2D eigenvalue weighted by Crippen LogP contribution is 2.41. The minimum absolute atomic E-state index is 0.110. The average Bonchev–Trinajstić information content (AvgIpc) is 2.55. The molecule has 1 aliphatic rings. The first kappa shape index (κ1) is 17.7. The van der Waals surface area contributed by atoms with Gasteiger partial charge in [-0.1, -0.05) is 77.1 Å². The van der Waals surface area contributed by atoms with Gasteiger partial charge in [-0.3, -0.25) is 4.79 Å². The van der Waals surface area contributed by atoms with E-state index in [2.05, 4.69) is 77.1 Å². The van der Waals surface area contributed by atoms with Gasteiger partial charge in [0, 0.05) is 11.1 Å². The number of anilines is 1. The highest BCUT2D eigenvalue weighted by molar-refractivity contribution is 5.98. The van der Waals surface area contributed by atoms with Crippen molar-refractivity contribution >= 4 is 11.6 Å². The lowest BCUT2D eigenvalue weighted by Crippen LogP contribution is -2.48. The van der Waals surface area contributed by atoms with E-state index in [1.54, 1.807) is 0 Å². The Morgan fingerprint density at radius 2 is 1.32 bits per heavy atom. The number of benzene rings is 2. The number of nitrogens with zero attached hydrogens (tertiary/aromatic N) is 1. The molecule has 1 amide bonds. The van der Waals surface area contributed by atoms with Crippen molar-refractivity contribution in [1.82, 2.24) is 0 Å². The molecule has 0 spiro atoms. The van der Waals surface area contributed by atoms with Crippen LogP contribution in [0.5, 0.6) is 0 Å². The fourth-order valence-electron chi connectivity index (χ4n) is 3.31. The number of fused-ring (bicyclic) bond motifs is 2. The van der Waals surface area contributed by atoms with Gasteiger partial charge in [-0.15, -0.1) is 0 Å². The van der Waals surface area contributed by atoms with Crippen LogP contribution in [-0.4, -0.2) is 5.91 Å². The smallest absolute Gasteiger partial charge is 0.233 e. The summed E-state index contributed by atoms with van der Waals surface area (Å²) in [7, 11) is 0. The largest absolute Gasteiger partial charge is 0.307 e. The van der Waals surface area contributed by atoms with Gasteiger partial charge in [0.1, 0.15) is 0 Å². The van der Waals surface area contributed by atoms with E-state index in [0.29, 0.717) is 6.54 Å². The van der Waals surface area contributed by atoms with Gasteiger partial charge in [0.2, 0.25) is 5.91 Å². The zero-order chi connectivity index (χ0) is 18.2. The number of hydrogen-bond acceptors (Lipinski definition) is 1. The van der Waals surface area contributed by atoms with E-state index in [1.807, 2.05) is 11.0 Å². The maximum Gasteiger partial charge on any atom is 0.233 e. The summed E-state index contributed by atoms with van der Waals surface area (Å²) in [6, 6.07) is 16.9. The molecule has 1 heterocycles. The minimum atomic E-state index is -0.450. The minimum Gasteiger partial charge on any atom is -0.307 e. The topological polar surface area (TPSA) is 20.3 Å². The summed E-state index contributed by atoms with van der Waals surface area (Å²) in [4.78, 5) is 15.6. The Kier molecular flexibility index (Phi) is 4.49. The first-order chi connectivity index (χ1) is 11.7. The molecule has 0 unspecified atom stereocenters. The fourth-order valence-corrected chi connectivity index (χ4v) is 3.31. The quantitative estimate of drug-likeness (QED) is 0.684. The molecule has 0 radical (unpaired) electrons. The van der Waals surface area contributed by atoms with Crippen molar-refractivity contribution in [3.05, 3.63) is 65.2 Å². The lowest BCUT2D eigenvalue weighted by atomic mass is 9.68. The first-order valence-electron chi connectivity index (χ1n) is 9.18. The first-order valence-corrected chi connectivity index (χ1v) is 9.18. The lowest BCUT2D eigenvalue weighted by molar-refractivity contribution is -0.132. The van der Waals surface area contributed by atoms with Crippen LogP contribution in [0.15, 0.2) is 48.5 Å². The normalized spacial score (nSPS) is 15.0. The monoisotopic (exact) mass is 335 g/mol. The summed E-state index contributed by atoms with van der Waals surface area (Å²) in [5, 5.41) is 0. The van der Waals surface area contributed by atoms with Crippen molar-refractivity contribution in [3.63, 3.8) is 0 Å². The van der Waals surface area contributed by atoms with Gasteiger partial charge >= 0.3 is 0 Å². The number of hydrogen-bond donors (Lipinski definition) is 0. The molecule has 132 valence electrons. The van der Waals surface area contributed by atoms with Gasteiger partial charge in [-0.2, -0.15) is 0 Å². The summed E-state index contributed by atoms with van der Waals surface area (Å²) in [6.07, 6.45) is 1.99. The molecule has 1 aliphatic heterocycles. The molecule has 0 bridgehead atoms. The van der Waals surface area contributed by atoms with Crippen molar-refractivity contribution in [2.75, 3.05) is 4.90 Å². The molecule has 0 fully saturated rings. The van der Waals surface area contributed by atoms with Crippen LogP contribution < -0.4 is 4.90 Å². The molecule has 2 aromatic carbocycles. The van der Waals surface area contributed by atoms with Crippen LogP contribution in [0.3, 0.4) is 0 Å². The second kappa shape index (κ2) is 6.33. The molecule has 0 saturated heterocycles. The molecule has 3 rings (SSSR count). The van der Waals surface area contributed by atoms with Crippen LogP contribution >= 0.6 is 0 Å². The van der Waals surface area contributed by atoms with Gasteiger partial charge < -0.3 is 4.90 Å². The average molecular weight is 335 g/mol. The van der Waals surface area contributed by atoms with E-state index in [4.69, 9.17) is 0 Å². The van der Waals surface area contributed by atoms with Crippen molar-refractivity contribution < 1.29 is 4.79 Å². The standard InChI is InChI=1S/C23H29NO/c1-22(2,3)23(4,5)21(25)24-16-19-12-7-6-10-17(19)14-15-18-11-8-9-13-20(18)24/h6-13H,14-16H2,1-5H3. The van der Waals surface area contributed by atoms with Gasteiger partial charge in [0.15, 0.2) is 0 Å². The molecule has 0 atom stereocenters. The molecular weight excluding hydrogens is 306 g/mol. The van der Waals surface area contributed by atoms with Crippen LogP contribution in [0.4, 0.5) is 5.69 Å². The Bertz CT molecular complexity index is 783. The third-order valence-corrected chi connectivity index (χ3v) is 6.05. The number of carbonyl (C=O) groups is 1. The number of para-hydroxylation sites is 1. The van der Waals surface area contributed by atoms with Crippen molar-refractivity contribution in [3.8, 4) is 0 Å². The van der Waals surface area contributed by atoms with Crippen LogP contribution in [0.2, 0.25) is 0 Å². The van der Waals surface area contributed by atoms with E-state index in [0.717, 1.165) is 18.5 Å². The summed E-state index contributed by atoms with van der Waals surface area (Å²) in [5.74, 6) is 0.198. The Balaban J connectivity index is 2.10. The van der Waals surface area contributed by atoms with Crippen molar-refractivity contribution in [2.24, 2.45) is 10.8 Å². The highest BCUT2D eigenvalue weighted by Gasteiger charge is 2.43. The lowest BCUT2D eigenvalue weighted by Gasteiger charge is -2.42. The van der Waals surface area contributed by atoms with Gasteiger partial charge in [-0.25, -0.2) is 0 Å². The Morgan fingerprint density at radius 1 is 0.800 bits per heavy atom.